The van der Waals surface area contributed by atoms with Crippen LogP contribution in [0.4, 0.5) is 0 Å². The lowest BCUT2D eigenvalue weighted by molar-refractivity contribution is -0.127. The molecule has 0 bridgehead atoms. The van der Waals surface area contributed by atoms with E-state index >= 15 is 0 Å². The van der Waals surface area contributed by atoms with Gasteiger partial charge in [-0.1, -0.05) is 48.5 Å². The first-order valence-corrected chi connectivity index (χ1v) is 8.99. The van der Waals surface area contributed by atoms with E-state index in [9.17, 15) is 4.79 Å². The van der Waals surface area contributed by atoms with Crippen LogP contribution in [-0.2, 0) is 11.2 Å². The number of hydrazone groups is 1. The Bertz CT molecular complexity index is 988. The number of aryl methyl sites for hydroxylation is 1. The summed E-state index contributed by atoms with van der Waals surface area (Å²) in [7, 11) is 0. The van der Waals surface area contributed by atoms with Crippen LogP contribution in [0.25, 0.3) is 10.8 Å². The van der Waals surface area contributed by atoms with Crippen LogP contribution < -0.4 is 0 Å². The van der Waals surface area contributed by atoms with Crippen molar-refractivity contribution in [3.63, 3.8) is 0 Å². The van der Waals surface area contributed by atoms with E-state index in [0.717, 1.165) is 23.5 Å². The maximum Gasteiger partial charge on any atom is 0.242 e. The summed E-state index contributed by atoms with van der Waals surface area (Å²) in [6.45, 7) is 2.66. The fourth-order valence-corrected chi connectivity index (χ4v) is 3.39. The summed E-state index contributed by atoms with van der Waals surface area (Å²) in [5, 5.41) is 8.73. The molecule has 0 aliphatic carbocycles. The molecule has 130 valence electrons. The molecule has 1 aliphatic rings. The molecule has 1 fully saturated rings. The molecule has 2 heterocycles. The van der Waals surface area contributed by atoms with Crippen LogP contribution in [0.2, 0.25) is 0 Å². The van der Waals surface area contributed by atoms with Crippen molar-refractivity contribution in [3.05, 3.63) is 77.6 Å². The molecule has 1 aromatic heterocycles. The fourth-order valence-electron chi connectivity index (χ4n) is 3.39. The molecule has 0 saturated carbocycles. The predicted octanol–water partition coefficient (Wildman–Crippen LogP) is 4.11. The third kappa shape index (κ3) is 3.36. The zero-order valence-corrected chi connectivity index (χ0v) is 14.9. The lowest BCUT2D eigenvalue weighted by atomic mass is 9.99. The van der Waals surface area contributed by atoms with Gasteiger partial charge in [-0.15, -0.1) is 0 Å². The van der Waals surface area contributed by atoms with E-state index in [2.05, 4.69) is 41.4 Å². The summed E-state index contributed by atoms with van der Waals surface area (Å²) >= 11 is 0. The molecule has 4 nitrogen and oxygen atoms in total. The summed E-state index contributed by atoms with van der Waals surface area (Å²) in [6.07, 6.45) is 2.08. The van der Waals surface area contributed by atoms with Gasteiger partial charge in [-0.2, -0.15) is 5.10 Å². The van der Waals surface area contributed by atoms with Gasteiger partial charge in [0.05, 0.1) is 11.4 Å². The van der Waals surface area contributed by atoms with Crippen molar-refractivity contribution in [1.82, 2.24) is 9.99 Å². The number of fused-ring (bicyclic) bond motifs is 1. The Labute approximate surface area is 153 Å². The molecule has 1 amide bonds. The summed E-state index contributed by atoms with van der Waals surface area (Å²) < 4.78 is 0. The zero-order chi connectivity index (χ0) is 17.9. The number of pyridine rings is 1. The van der Waals surface area contributed by atoms with Gasteiger partial charge in [-0.3, -0.25) is 9.78 Å². The van der Waals surface area contributed by atoms with Crippen LogP contribution in [0.5, 0.6) is 0 Å². The predicted molar refractivity (Wildman–Crippen MR) is 104 cm³/mol. The van der Waals surface area contributed by atoms with Gasteiger partial charge >= 0.3 is 0 Å². The van der Waals surface area contributed by atoms with E-state index in [1.165, 1.54) is 16.3 Å². The number of nitrogens with zero attached hydrogens (tertiary/aromatic N) is 3. The molecular formula is C22H21N3O. The van der Waals surface area contributed by atoms with Gasteiger partial charge in [0.2, 0.25) is 5.91 Å². The van der Waals surface area contributed by atoms with Gasteiger partial charge in [-0.25, -0.2) is 5.01 Å². The topological polar surface area (TPSA) is 45.6 Å². The molecule has 0 unspecified atom stereocenters. The highest BCUT2D eigenvalue weighted by Crippen LogP contribution is 2.21. The van der Waals surface area contributed by atoms with Gasteiger partial charge in [0.25, 0.3) is 0 Å². The average molecular weight is 343 g/mol. The second kappa shape index (κ2) is 7.08. The molecule has 0 radical (unpaired) electrons. The summed E-state index contributed by atoms with van der Waals surface area (Å²) in [5.74, 6) is 0.0908. The highest BCUT2D eigenvalue weighted by molar-refractivity contribution is 6.03. The normalized spacial score (nSPS) is 15.0. The third-order valence-electron chi connectivity index (χ3n) is 4.71. The number of hydrogen-bond donors (Lipinski definition) is 0. The van der Waals surface area contributed by atoms with Crippen LogP contribution >= 0.6 is 0 Å². The van der Waals surface area contributed by atoms with Crippen molar-refractivity contribution in [2.24, 2.45) is 5.10 Å². The van der Waals surface area contributed by atoms with Crippen molar-refractivity contribution in [1.29, 1.82) is 0 Å². The quantitative estimate of drug-likeness (QED) is 0.669. The van der Waals surface area contributed by atoms with E-state index in [1.54, 1.807) is 5.01 Å². The smallest absolute Gasteiger partial charge is 0.242 e. The minimum absolute atomic E-state index is 0.0908. The number of hydrogen-bond acceptors (Lipinski definition) is 3. The number of carbonyl (C=O) groups excluding carboxylic acids is 1. The lowest BCUT2D eigenvalue weighted by Crippen LogP contribution is -2.22. The molecule has 0 N–H and O–H groups in total. The second-order valence-corrected chi connectivity index (χ2v) is 6.65. The van der Waals surface area contributed by atoms with Gasteiger partial charge in [0.1, 0.15) is 0 Å². The second-order valence-electron chi connectivity index (χ2n) is 6.65. The largest absolute Gasteiger partial charge is 0.273 e. The maximum atomic E-state index is 12.1. The Hall–Kier alpha value is -3.01. The van der Waals surface area contributed by atoms with Crippen LogP contribution in [0.3, 0.4) is 0 Å². The van der Waals surface area contributed by atoms with E-state index in [0.29, 0.717) is 19.4 Å². The van der Waals surface area contributed by atoms with E-state index in [1.807, 2.05) is 31.2 Å². The van der Waals surface area contributed by atoms with Crippen molar-refractivity contribution >= 4 is 22.4 Å². The first-order chi connectivity index (χ1) is 12.7. The zero-order valence-electron chi connectivity index (χ0n) is 14.9. The molecule has 0 atom stereocenters. The first-order valence-electron chi connectivity index (χ1n) is 8.99. The Morgan fingerprint density at radius 3 is 2.69 bits per heavy atom. The van der Waals surface area contributed by atoms with E-state index < -0.39 is 0 Å². The fraction of sp³-hybridized carbons (Fsp3) is 0.227. The number of rotatable bonds is 4. The van der Waals surface area contributed by atoms with Gasteiger partial charge in [-0.05, 0) is 41.8 Å². The summed E-state index contributed by atoms with van der Waals surface area (Å²) in [5.41, 5.74) is 3.80. The number of aromatic nitrogens is 1. The third-order valence-corrected chi connectivity index (χ3v) is 4.71. The number of benzene rings is 2. The lowest BCUT2D eigenvalue weighted by Gasteiger charge is -2.14. The highest BCUT2D eigenvalue weighted by atomic mass is 16.2. The van der Waals surface area contributed by atoms with E-state index in [4.69, 9.17) is 5.10 Å². The van der Waals surface area contributed by atoms with Crippen molar-refractivity contribution in [2.45, 2.75) is 26.2 Å². The molecule has 4 heteroatoms. The molecule has 2 aromatic carbocycles. The minimum atomic E-state index is 0.0908. The van der Waals surface area contributed by atoms with Crippen molar-refractivity contribution in [3.8, 4) is 0 Å². The minimum Gasteiger partial charge on any atom is -0.273 e. The molecule has 1 saturated heterocycles. The van der Waals surface area contributed by atoms with Crippen molar-refractivity contribution < 1.29 is 4.79 Å². The first kappa shape index (κ1) is 16.5. The Morgan fingerprint density at radius 2 is 1.88 bits per heavy atom. The summed E-state index contributed by atoms with van der Waals surface area (Å²) in [6, 6.07) is 20.6. The van der Waals surface area contributed by atoms with Crippen LogP contribution in [0.1, 0.15) is 29.8 Å². The molecular weight excluding hydrogens is 322 g/mol. The van der Waals surface area contributed by atoms with Crippen LogP contribution in [0, 0.1) is 6.92 Å². The van der Waals surface area contributed by atoms with E-state index in [-0.39, 0.29) is 5.91 Å². The number of carbonyl (C=O) groups is 1. The molecule has 1 aliphatic heterocycles. The Balaban J connectivity index is 1.77. The van der Waals surface area contributed by atoms with Crippen LogP contribution in [0.15, 0.2) is 65.8 Å². The van der Waals surface area contributed by atoms with Gasteiger partial charge in [0, 0.05) is 25.1 Å². The average Bonchev–Trinajstić information content (AvgIpc) is 3.06. The standard InChI is InChI=1S/C22H21N3O/c1-16-7-4-12-20(23-16)21(24-25-14-6-13-22(25)26)15-18-10-5-9-17-8-2-3-11-19(17)18/h2-5,7-12H,6,13-15H2,1H3. The Kier molecular flexibility index (Phi) is 4.48. The monoisotopic (exact) mass is 343 g/mol. The van der Waals surface area contributed by atoms with Crippen molar-refractivity contribution in [2.75, 3.05) is 6.54 Å². The Morgan fingerprint density at radius 1 is 1.08 bits per heavy atom. The maximum absolute atomic E-state index is 12.1. The summed E-state index contributed by atoms with van der Waals surface area (Å²) in [4.78, 5) is 16.7. The van der Waals surface area contributed by atoms with Gasteiger partial charge in [0.15, 0.2) is 0 Å². The van der Waals surface area contributed by atoms with Gasteiger partial charge < -0.3 is 0 Å². The highest BCUT2D eigenvalue weighted by Gasteiger charge is 2.21. The molecule has 3 aromatic rings. The number of amides is 1. The molecule has 0 spiro atoms. The SMILES string of the molecule is Cc1cccc(C(Cc2cccc3ccccc23)=NN2CCCC2=O)n1. The van der Waals surface area contributed by atoms with Crippen LogP contribution in [-0.4, -0.2) is 28.2 Å². The molecule has 4 rings (SSSR count). The molecule has 26 heavy (non-hydrogen) atoms.